The van der Waals surface area contributed by atoms with Gasteiger partial charge in [0, 0.05) is 5.56 Å². The van der Waals surface area contributed by atoms with Crippen LogP contribution in [0, 0.1) is 0 Å². The second-order valence-electron chi connectivity index (χ2n) is 4.27. The molecule has 0 atom stereocenters. The molecule has 2 aromatic carbocycles. The molecule has 0 aliphatic rings. The highest BCUT2D eigenvalue weighted by molar-refractivity contribution is 5.75. The third-order valence-electron chi connectivity index (χ3n) is 3.01. The molecule has 0 amide bonds. The lowest BCUT2D eigenvalue weighted by atomic mass is 9.96. The number of alkyl halides is 5. The van der Waals surface area contributed by atoms with Crippen molar-refractivity contribution in [3.8, 4) is 16.9 Å². The molecule has 0 N–H and O–H groups in total. The van der Waals surface area contributed by atoms with Crippen molar-refractivity contribution in [2.75, 3.05) is 7.11 Å². The van der Waals surface area contributed by atoms with Gasteiger partial charge in [-0.15, -0.1) is 0 Å². The van der Waals surface area contributed by atoms with Crippen molar-refractivity contribution in [1.82, 2.24) is 0 Å². The summed E-state index contributed by atoms with van der Waals surface area (Å²) < 4.78 is 69.9. The number of hydrogen-bond acceptors (Lipinski definition) is 1. The fourth-order valence-electron chi connectivity index (χ4n) is 2.13. The Hall–Kier alpha value is -2.11. The van der Waals surface area contributed by atoms with Gasteiger partial charge in [-0.25, -0.2) is 8.78 Å². The molecule has 0 spiro atoms. The smallest absolute Gasteiger partial charge is 0.417 e. The first-order valence-electron chi connectivity index (χ1n) is 5.98. The first kappa shape index (κ1) is 15.3. The van der Waals surface area contributed by atoms with Crippen molar-refractivity contribution in [2.24, 2.45) is 0 Å². The number of rotatable bonds is 3. The van der Waals surface area contributed by atoms with Crippen molar-refractivity contribution in [2.45, 2.75) is 12.6 Å². The molecule has 0 aliphatic carbocycles. The van der Waals surface area contributed by atoms with Crippen molar-refractivity contribution in [1.29, 1.82) is 0 Å². The molecule has 6 heteroatoms. The van der Waals surface area contributed by atoms with Crippen molar-refractivity contribution >= 4 is 0 Å². The van der Waals surface area contributed by atoms with Crippen LogP contribution in [0.25, 0.3) is 11.1 Å². The Balaban J connectivity index is 2.71. The minimum absolute atomic E-state index is 0.0109. The molecular formula is C15H11F5O. The highest BCUT2D eigenvalue weighted by Crippen LogP contribution is 2.43. The molecule has 0 aromatic heterocycles. The van der Waals surface area contributed by atoms with E-state index in [4.69, 9.17) is 4.74 Å². The summed E-state index contributed by atoms with van der Waals surface area (Å²) in [5.74, 6) is -0.246. The van der Waals surface area contributed by atoms with Crippen LogP contribution in [0.2, 0.25) is 0 Å². The minimum atomic E-state index is -4.58. The highest BCUT2D eigenvalue weighted by atomic mass is 19.4. The number of para-hydroxylation sites is 1. The Morgan fingerprint density at radius 2 is 1.52 bits per heavy atom. The number of halogens is 5. The average Bonchev–Trinajstić information content (AvgIpc) is 2.45. The number of benzene rings is 2. The summed E-state index contributed by atoms with van der Waals surface area (Å²) in [7, 11) is 1.15. The van der Waals surface area contributed by atoms with Gasteiger partial charge in [-0.3, -0.25) is 0 Å². The van der Waals surface area contributed by atoms with Crippen LogP contribution >= 0.6 is 0 Å². The standard InChI is InChI=1S/C15H11F5O/c1-21-13-10(6-4-7-11(13)14(16)17)9-5-2-3-8-12(9)15(18,19)20/h2-8,14H,1H3. The molecule has 0 saturated heterocycles. The summed E-state index contributed by atoms with van der Waals surface area (Å²) >= 11 is 0. The zero-order valence-electron chi connectivity index (χ0n) is 10.9. The second-order valence-corrected chi connectivity index (χ2v) is 4.27. The van der Waals surface area contributed by atoms with Gasteiger partial charge in [0.25, 0.3) is 6.43 Å². The van der Waals surface area contributed by atoms with E-state index in [0.29, 0.717) is 0 Å². The van der Waals surface area contributed by atoms with Crippen molar-refractivity contribution in [3.63, 3.8) is 0 Å². The van der Waals surface area contributed by atoms with E-state index in [1.54, 1.807) is 0 Å². The summed E-state index contributed by atoms with van der Waals surface area (Å²) in [5.41, 5.74) is -1.53. The Bertz CT molecular complexity index is 634. The van der Waals surface area contributed by atoms with Crippen LogP contribution in [0.1, 0.15) is 17.6 Å². The summed E-state index contributed by atoms with van der Waals surface area (Å²) in [5, 5.41) is 0. The van der Waals surface area contributed by atoms with E-state index in [-0.39, 0.29) is 16.9 Å². The monoisotopic (exact) mass is 302 g/mol. The molecule has 1 nitrogen and oxygen atoms in total. The third-order valence-corrected chi connectivity index (χ3v) is 3.01. The van der Waals surface area contributed by atoms with E-state index in [1.807, 2.05) is 0 Å². The zero-order valence-corrected chi connectivity index (χ0v) is 10.9. The first-order chi connectivity index (χ1) is 9.86. The molecule has 112 valence electrons. The molecule has 0 saturated carbocycles. The molecular weight excluding hydrogens is 291 g/mol. The van der Waals surface area contributed by atoms with Gasteiger partial charge < -0.3 is 4.74 Å². The van der Waals surface area contributed by atoms with E-state index >= 15 is 0 Å². The minimum Gasteiger partial charge on any atom is -0.496 e. The van der Waals surface area contributed by atoms with Crippen LogP contribution in [-0.4, -0.2) is 7.11 Å². The summed E-state index contributed by atoms with van der Waals surface area (Å²) in [6.45, 7) is 0. The van der Waals surface area contributed by atoms with Crippen LogP contribution < -0.4 is 4.74 Å². The van der Waals surface area contributed by atoms with Gasteiger partial charge in [0.2, 0.25) is 0 Å². The summed E-state index contributed by atoms with van der Waals surface area (Å²) in [6, 6.07) is 8.54. The van der Waals surface area contributed by atoms with E-state index < -0.39 is 23.7 Å². The lowest BCUT2D eigenvalue weighted by Gasteiger charge is -2.17. The predicted octanol–water partition coefficient (Wildman–Crippen LogP) is 5.32. The molecule has 0 radical (unpaired) electrons. The SMILES string of the molecule is COc1c(-c2ccccc2C(F)(F)F)cccc1C(F)F. The van der Waals surface area contributed by atoms with Gasteiger partial charge in [-0.05, 0) is 17.7 Å². The summed E-state index contributed by atoms with van der Waals surface area (Å²) in [6.07, 6.45) is -7.42. The molecule has 0 bridgehead atoms. The van der Waals surface area contributed by atoms with E-state index in [0.717, 1.165) is 19.2 Å². The fourth-order valence-corrected chi connectivity index (χ4v) is 2.13. The molecule has 21 heavy (non-hydrogen) atoms. The zero-order chi connectivity index (χ0) is 15.6. The van der Waals surface area contributed by atoms with Gasteiger partial charge in [0.05, 0.1) is 18.2 Å². The number of ether oxygens (including phenoxy) is 1. The van der Waals surface area contributed by atoms with Gasteiger partial charge in [0.15, 0.2) is 0 Å². The third kappa shape index (κ3) is 2.99. The maximum Gasteiger partial charge on any atom is 0.417 e. The largest absolute Gasteiger partial charge is 0.496 e. The molecule has 0 aliphatic heterocycles. The molecule has 2 aromatic rings. The van der Waals surface area contributed by atoms with Crippen LogP contribution in [0.5, 0.6) is 5.75 Å². The van der Waals surface area contributed by atoms with Gasteiger partial charge >= 0.3 is 6.18 Å². The van der Waals surface area contributed by atoms with Gasteiger partial charge in [-0.2, -0.15) is 13.2 Å². The maximum atomic E-state index is 13.0. The molecule has 0 heterocycles. The number of hydrogen-bond donors (Lipinski definition) is 0. The quantitative estimate of drug-likeness (QED) is 0.697. The van der Waals surface area contributed by atoms with Gasteiger partial charge in [-0.1, -0.05) is 30.3 Å². The highest BCUT2D eigenvalue weighted by Gasteiger charge is 2.34. The maximum absolute atomic E-state index is 13.0. The topological polar surface area (TPSA) is 9.23 Å². The molecule has 0 unspecified atom stereocenters. The van der Waals surface area contributed by atoms with Crippen LogP contribution in [0.15, 0.2) is 42.5 Å². The van der Waals surface area contributed by atoms with Crippen LogP contribution in [-0.2, 0) is 6.18 Å². The molecule has 2 rings (SSSR count). The fraction of sp³-hybridized carbons (Fsp3) is 0.200. The summed E-state index contributed by atoms with van der Waals surface area (Å²) in [4.78, 5) is 0. The van der Waals surface area contributed by atoms with Gasteiger partial charge in [0.1, 0.15) is 5.75 Å². The van der Waals surface area contributed by atoms with E-state index in [1.165, 1.54) is 30.3 Å². The Morgan fingerprint density at radius 1 is 0.905 bits per heavy atom. The van der Waals surface area contributed by atoms with Crippen molar-refractivity contribution in [3.05, 3.63) is 53.6 Å². The lowest BCUT2D eigenvalue weighted by molar-refractivity contribution is -0.137. The Kier molecular flexibility index (Phi) is 4.16. The number of methoxy groups -OCH3 is 1. The van der Waals surface area contributed by atoms with E-state index in [2.05, 4.69) is 0 Å². The Labute approximate surface area is 118 Å². The van der Waals surface area contributed by atoms with Crippen molar-refractivity contribution < 1.29 is 26.7 Å². The van der Waals surface area contributed by atoms with Crippen LogP contribution in [0.3, 0.4) is 0 Å². The molecule has 0 fully saturated rings. The first-order valence-corrected chi connectivity index (χ1v) is 5.98. The lowest BCUT2D eigenvalue weighted by Crippen LogP contribution is -2.07. The average molecular weight is 302 g/mol. The van der Waals surface area contributed by atoms with Crippen LogP contribution in [0.4, 0.5) is 22.0 Å². The second kappa shape index (κ2) is 5.71. The predicted molar refractivity (Wildman–Crippen MR) is 68.4 cm³/mol. The Morgan fingerprint density at radius 3 is 2.10 bits per heavy atom. The van der Waals surface area contributed by atoms with E-state index in [9.17, 15) is 22.0 Å². The normalized spacial score (nSPS) is 11.8.